The lowest BCUT2D eigenvalue weighted by Gasteiger charge is -2.16. The van der Waals surface area contributed by atoms with Gasteiger partial charge in [0.1, 0.15) is 15.8 Å². The van der Waals surface area contributed by atoms with E-state index in [0.29, 0.717) is 35.0 Å². The molecular formula is C22H27FN6O5S2. The number of aromatic nitrogens is 4. The van der Waals surface area contributed by atoms with Crippen molar-refractivity contribution in [3.8, 4) is 0 Å². The molecule has 0 saturated heterocycles. The first-order chi connectivity index (χ1) is 17.0. The van der Waals surface area contributed by atoms with Crippen LogP contribution in [0.2, 0.25) is 0 Å². The van der Waals surface area contributed by atoms with Crippen molar-refractivity contribution in [3.05, 3.63) is 33.6 Å². The van der Waals surface area contributed by atoms with E-state index >= 15 is 0 Å². The van der Waals surface area contributed by atoms with Crippen LogP contribution in [0.15, 0.2) is 23.6 Å². The van der Waals surface area contributed by atoms with E-state index in [1.54, 1.807) is 0 Å². The minimum atomic E-state index is -2.16. The molecule has 2 atom stereocenters. The lowest BCUT2D eigenvalue weighted by Crippen LogP contribution is -2.38. The highest BCUT2D eigenvalue weighted by Gasteiger charge is 2.33. The molecule has 2 amide bonds. The second kappa shape index (κ2) is 12.2. The molecule has 0 aliphatic heterocycles. The summed E-state index contributed by atoms with van der Waals surface area (Å²) in [6.45, 7) is 2.95. The Morgan fingerprint density at radius 3 is 2.14 bits per heavy atom. The number of carbonyl (C=O) groups is 3. The van der Waals surface area contributed by atoms with Crippen LogP contribution < -0.4 is 10.6 Å². The maximum absolute atomic E-state index is 13.6. The Morgan fingerprint density at radius 1 is 1.06 bits per heavy atom. The van der Waals surface area contributed by atoms with Gasteiger partial charge < -0.3 is 20.8 Å². The number of allylic oxidation sites excluding steroid dienone is 3. The van der Waals surface area contributed by atoms with Gasteiger partial charge in [-0.3, -0.25) is 9.59 Å². The fraction of sp³-hybridized carbons (Fsp3) is 0.500. The number of aliphatic hydroxyl groups is 1. The highest BCUT2D eigenvalue weighted by Crippen LogP contribution is 2.26. The normalized spacial score (nSPS) is 17.1. The second-order valence-electron chi connectivity index (χ2n) is 8.75. The zero-order valence-corrected chi connectivity index (χ0v) is 21.4. The molecule has 0 bridgehead atoms. The average molecular weight is 539 g/mol. The van der Waals surface area contributed by atoms with Crippen LogP contribution >= 0.6 is 22.7 Å². The van der Waals surface area contributed by atoms with Crippen LogP contribution in [0.3, 0.4) is 0 Å². The molecule has 11 nitrogen and oxygen atoms in total. The number of nitrogens with one attached hydrogen (secondary N) is 2. The molecule has 0 aromatic carbocycles. The number of hydrogen-bond donors (Lipinski definition) is 4. The van der Waals surface area contributed by atoms with E-state index in [2.05, 4.69) is 31.0 Å². The van der Waals surface area contributed by atoms with Crippen LogP contribution in [0, 0.1) is 5.92 Å². The molecule has 0 fully saturated rings. The number of aryl methyl sites for hydroxylation is 2. The molecule has 3 rings (SSSR count). The minimum absolute atomic E-state index is 0.0675. The van der Waals surface area contributed by atoms with Gasteiger partial charge in [0, 0.05) is 19.3 Å². The van der Waals surface area contributed by atoms with E-state index in [-0.39, 0.29) is 29.2 Å². The van der Waals surface area contributed by atoms with Gasteiger partial charge in [-0.2, -0.15) is 0 Å². The van der Waals surface area contributed by atoms with E-state index in [4.69, 9.17) is 5.11 Å². The van der Waals surface area contributed by atoms with E-state index < -0.39 is 23.9 Å². The molecule has 194 valence electrons. The molecule has 2 aromatic heterocycles. The van der Waals surface area contributed by atoms with Gasteiger partial charge in [-0.05, 0) is 37.3 Å². The number of carboxylic acids is 1. The summed E-state index contributed by atoms with van der Waals surface area (Å²) in [5.41, 5.74) is -1.51. The predicted octanol–water partition coefficient (Wildman–Crippen LogP) is 3.27. The summed E-state index contributed by atoms with van der Waals surface area (Å²) in [6.07, 6.45) is 6.00. The predicted molar refractivity (Wildman–Crippen MR) is 132 cm³/mol. The summed E-state index contributed by atoms with van der Waals surface area (Å²) in [4.78, 5) is 35.1. The van der Waals surface area contributed by atoms with Gasteiger partial charge in [0.25, 0.3) is 0 Å². The fourth-order valence-corrected chi connectivity index (χ4v) is 5.01. The van der Waals surface area contributed by atoms with Crippen LogP contribution in [0.5, 0.6) is 0 Å². The largest absolute Gasteiger partial charge is 0.479 e. The molecule has 0 spiro atoms. The Bertz CT molecular complexity index is 1180. The number of aliphatic carboxylic acids is 1. The van der Waals surface area contributed by atoms with Gasteiger partial charge in [0.15, 0.2) is 5.60 Å². The van der Waals surface area contributed by atoms with Crippen molar-refractivity contribution in [2.45, 2.75) is 64.4 Å². The smallest absolute Gasteiger partial charge is 0.335 e. The summed E-state index contributed by atoms with van der Waals surface area (Å²) in [7, 11) is 0. The van der Waals surface area contributed by atoms with E-state index in [1.807, 2.05) is 13.0 Å². The van der Waals surface area contributed by atoms with Crippen molar-refractivity contribution in [1.82, 2.24) is 20.4 Å². The molecule has 0 saturated carbocycles. The number of hydrogen-bond acceptors (Lipinski definition) is 10. The van der Waals surface area contributed by atoms with Crippen LogP contribution in [-0.2, 0) is 27.2 Å². The number of carbonyl (C=O) groups excluding carboxylic acids is 2. The van der Waals surface area contributed by atoms with Crippen molar-refractivity contribution in [3.63, 3.8) is 0 Å². The molecule has 4 N–H and O–H groups in total. The van der Waals surface area contributed by atoms with Gasteiger partial charge >= 0.3 is 5.97 Å². The van der Waals surface area contributed by atoms with Gasteiger partial charge in [-0.25, -0.2) is 9.18 Å². The summed E-state index contributed by atoms with van der Waals surface area (Å²) >= 11 is 2.47. The van der Waals surface area contributed by atoms with Crippen LogP contribution in [0.25, 0.3) is 0 Å². The summed E-state index contributed by atoms with van der Waals surface area (Å²) in [6, 6.07) is 0. The molecule has 2 heterocycles. The lowest BCUT2D eigenvalue weighted by molar-refractivity contribution is -0.158. The molecule has 36 heavy (non-hydrogen) atoms. The molecule has 2 aromatic rings. The number of unbranched alkanes of at least 4 members (excludes halogenated alkanes) is 1. The van der Waals surface area contributed by atoms with Crippen LogP contribution in [0.4, 0.5) is 14.7 Å². The molecular weight excluding hydrogens is 511 g/mol. The summed E-state index contributed by atoms with van der Waals surface area (Å²) in [5, 5.41) is 41.8. The molecule has 2 unspecified atom stereocenters. The topological polar surface area (TPSA) is 167 Å². The first kappa shape index (κ1) is 27.5. The highest BCUT2D eigenvalue weighted by molar-refractivity contribution is 7.15. The van der Waals surface area contributed by atoms with Crippen molar-refractivity contribution in [1.29, 1.82) is 0 Å². The number of amides is 2. The zero-order valence-electron chi connectivity index (χ0n) is 19.8. The first-order valence-electron chi connectivity index (χ1n) is 11.3. The quantitative estimate of drug-likeness (QED) is 0.296. The number of rotatable bonds is 12. The minimum Gasteiger partial charge on any atom is -0.479 e. The zero-order chi connectivity index (χ0) is 26.3. The molecule has 1 aliphatic carbocycles. The number of halogens is 1. The third-order valence-corrected chi connectivity index (χ3v) is 6.94. The first-order valence-corrected chi connectivity index (χ1v) is 12.9. The lowest BCUT2D eigenvalue weighted by atomic mass is 9.95. The Balaban J connectivity index is 1.37. The van der Waals surface area contributed by atoms with Crippen molar-refractivity contribution >= 4 is 50.7 Å². The van der Waals surface area contributed by atoms with Crippen molar-refractivity contribution in [2.75, 3.05) is 10.6 Å². The second-order valence-corrected chi connectivity index (χ2v) is 10.9. The number of anilines is 2. The highest BCUT2D eigenvalue weighted by atomic mass is 32.1. The Hall–Kier alpha value is -3.10. The van der Waals surface area contributed by atoms with Gasteiger partial charge in [-0.15, -0.1) is 20.4 Å². The standard InChI is InChI=1S/C22H27FN6O5S2/c1-12-7-13(9-14(23)8-12)10-15(30)24-20-28-26-17(35-20)5-3-4-6-18-27-29-21(36-18)25-16(31)11-22(2,34)19(32)33/h7,9,12,34H,3-6,8,10-11H2,1-2H3,(H,32,33)(H,24,28,30)(H,25,29,31). The van der Waals surface area contributed by atoms with E-state index in [0.717, 1.165) is 24.8 Å². The summed E-state index contributed by atoms with van der Waals surface area (Å²) in [5.74, 6) is -2.57. The third-order valence-electron chi connectivity index (χ3n) is 5.15. The van der Waals surface area contributed by atoms with Crippen molar-refractivity contribution in [2.24, 2.45) is 5.92 Å². The van der Waals surface area contributed by atoms with Gasteiger partial charge in [0.2, 0.25) is 22.1 Å². The monoisotopic (exact) mass is 538 g/mol. The molecule has 14 heteroatoms. The molecule has 0 radical (unpaired) electrons. The molecule has 1 aliphatic rings. The number of carboxylic acid groups (broad SMARTS) is 1. The maximum atomic E-state index is 13.6. The summed E-state index contributed by atoms with van der Waals surface area (Å²) < 4.78 is 13.6. The van der Waals surface area contributed by atoms with Gasteiger partial charge in [0.05, 0.1) is 12.8 Å². The van der Waals surface area contributed by atoms with Crippen LogP contribution in [0.1, 0.15) is 56.0 Å². The third kappa shape index (κ3) is 8.53. The van der Waals surface area contributed by atoms with E-state index in [9.17, 15) is 23.9 Å². The number of nitrogens with zero attached hydrogens (tertiary/aromatic N) is 4. The SMILES string of the molecule is CC1C=C(CC(=O)Nc2nnc(CCCCc3nnc(NC(=O)CC(C)(O)C(=O)O)s3)s2)C=C(F)C1. The Labute approximate surface area is 214 Å². The Kier molecular flexibility index (Phi) is 9.34. The van der Waals surface area contributed by atoms with Crippen LogP contribution in [-0.4, -0.2) is 54.0 Å². The fourth-order valence-electron chi connectivity index (χ4n) is 3.41. The Morgan fingerprint density at radius 2 is 1.61 bits per heavy atom. The van der Waals surface area contributed by atoms with Gasteiger partial charge in [-0.1, -0.05) is 35.7 Å². The maximum Gasteiger partial charge on any atom is 0.335 e. The van der Waals surface area contributed by atoms with Crippen molar-refractivity contribution < 1.29 is 29.0 Å². The average Bonchev–Trinajstić information content (AvgIpc) is 3.39. The van der Waals surface area contributed by atoms with E-state index in [1.165, 1.54) is 28.7 Å².